The Labute approximate surface area is 181 Å². The molecule has 2 aromatic rings. The maximum absolute atomic E-state index is 12.7. The molecule has 0 bridgehead atoms. The Hall–Kier alpha value is -2.93. The van der Waals surface area contributed by atoms with Gasteiger partial charge in [-0.1, -0.05) is 24.3 Å². The average molecular weight is 421 g/mol. The molecular formula is C23H24N4O2S. The number of pyridine rings is 1. The molecule has 1 saturated carbocycles. The summed E-state index contributed by atoms with van der Waals surface area (Å²) in [5.74, 6) is 1.15. The second-order valence-corrected chi connectivity index (χ2v) is 8.03. The van der Waals surface area contributed by atoms with Gasteiger partial charge in [-0.2, -0.15) is 12.6 Å². The highest BCUT2D eigenvalue weighted by molar-refractivity contribution is 7.83. The number of carbonyl (C=O) groups is 2. The fourth-order valence-corrected chi connectivity index (χ4v) is 4.20. The number of rotatable bonds is 7. The van der Waals surface area contributed by atoms with Crippen molar-refractivity contribution >= 4 is 47.7 Å². The first-order valence-corrected chi connectivity index (χ1v) is 10.6. The number of carbonyl (C=O) groups excluding carboxylic acids is 2. The topological polar surface area (TPSA) is 86.2 Å². The van der Waals surface area contributed by atoms with Crippen molar-refractivity contribution in [1.82, 2.24) is 4.98 Å². The maximum Gasteiger partial charge on any atom is 0.230 e. The van der Waals surface area contributed by atoms with Gasteiger partial charge in [0.1, 0.15) is 5.82 Å². The van der Waals surface area contributed by atoms with E-state index in [1.54, 1.807) is 17.7 Å². The minimum absolute atomic E-state index is 0.153. The molecule has 1 aliphatic heterocycles. The molecule has 0 spiro atoms. The molecule has 30 heavy (non-hydrogen) atoms. The number of aromatic nitrogens is 1. The molecule has 0 unspecified atom stereocenters. The van der Waals surface area contributed by atoms with Crippen LogP contribution in [-0.2, 0) is 16.0 Å². The number of nitrogens with one attached hydrogen (secondary N) is 2. The zero-order chi connectivity index (χ0) is 21.1. The summed E-state index contributed by atoms with van der Waals surface area (Å²) < 4.78 is 0. The average Bonchev–Trinajstić information content (AvgIpc) is 3.51. The molecule has 2 aliphatic rings. The van der Waals surface area contributed by atoms with E-state index in [0.29, 0.717) is 17.3 Å². The molecule has 1 saturated heterocycles. The van der Waals surface area contributed by atoms with E-state index in [4.69, 9.17) is 5.41 Å². The van der Waals surface area contributed by atoms with Crippen molar-refractivity contribution in [3.05, 3.63) is 59.1 Å². The Morgan fingerprint density at radius 2 is 2.10 bits per heavy atom. The Kier molecular flexibility index (Phi) is 5.99. The van der Waals surface area contributed by atoms with E-state index >= 15 is 0 Å². The van der Waals surface area contributed by atoms with Crippen LogP contribution in [0.25, 0.3) is 5.57 Å². The molecule has 154 valence electrons. The molecule has 2 N–H and O–H groups in total. The molecule has 6 nitrogen and oxygen atoms in total. The van der Waals surface area contributed by atoms with E-state index in [-0.39, 0.29) is 24.2 Å². The Morgan fingerprint density at radius 1 is 1.27 bits per heavy atom. The van der Waals surface area contributed by atoms with Gasteiger partial charge in [-0.25, -0.2) is 4.98 Å². The molecule has 1 aromatic heterocycles. The minimum Gasteiger partial charge on any atom is -0.312 e. The lowest BCUT2D eigenvalue weighted by Crippen LogP contribution is -2.27. The molecule has 1 aliphatic carbocycles. The van der Waals surface area contributed by atoms with Gasteiger partial charge in [0.05, 0.1) is 6.42 Å². The van der Waals surface area contributed by atoms with Gasteiger partial charge in [-0.05, 0) is 47.8 Å². The highest BCUT2D eigenvalue weighted by Gasteiger charge is 2.42. The first-order chi connectivity index (χ1) is 14.6. The smallest absolute Gasteiger partial charge is 0.230 e. The third-order valence-electron chi connectivity index (χ3n) is 5.68. The van der Waals surface area contributed by atoms with E-state index in [9.17, 15) is 9.59 Å². The first kappa shape index (κ1) is 20.3. The zero-order valence-electron chi connectivity index (χ0n) is 16.5. The van der Waals surface area contributed by atoms with E-state index in [2.05, 4.69) is 22.9 Å². The highest BCUT2D eigenvalue weighted by Crippen LogP contribution is 2.43. The first-order valence-electron chi connectivity index (χ1n) is 10.1. The van der Waals surface area contributed by atoms with Gasteiger partial charge < -0.3 is 15.6 Å². The van der Waals surface area contributed by atoms with Gasteiger partial charge in [-0.15, -0.1) is 0 Å². The Morgan fingerprint density at radius 3 is 2.83 bits per heavy atom. The number of benzene rings is 1. The largest absolute Gasteiger partial charge is 0.312 e. The van der Waals surface area contributed by atoms with Crippen molar-refractivity contribution in [1.29, 1.82) is 5.41 Å². The fourth-order valence-electron chi connectivity index (χ4n) is 3.98. The molecule has 2 heterocycles. The predicted molar refractivity (Wildman–Crippen MR) is 122 cm³/mol. The third kappa shape index (κ3) is 4.46. The van der Waals surface area contributed by atoms with Crippen LogP contribution in [0, 0.1) is 17.2 Å². The number of nitrogens with zero attached hydrogens (tertiary/aromatic N) is 2. The van der Waals surface area contributed by atoms with Gasteiger partial charge >= 0.3 is 0 Å². The van der Waals surface area contributed by atoms with Gasteiger partial charge in [-0.3, -0.25) is 9.59 Å². The molecule has 0 radical (unpaired) electrons. The fraction of sp³-hybridized carbons (Fsp3) is 0.304. The van der Waals surface area contributed by atoms with Crippen molar-refractivity contribution < 1.29 is 9.59 Å². The van der Waals surface area contributed by atoms with Crippen molar-refractivity contribution in [2.24, 2.45) is 11.8 Å². The van der Waals surface area contributed by atoms with Crippen LogP contribution in [0.1, 0.15) is 30.4 Å². The van der Waals surface area contributed by atoms with Gasteiger partial charge in [0.25, 0.3) is 0 Å². The summed E-state index contributed by atoms with van der Waals surface area (Å²) >= 11 is 4.12. The van der Waals surface area contributed by atoms with Crippen molar-refractivity contribution in [2.75, 3.05) is 16.8 Å². The number of allylic oxidation sites excluding steroid dienone is 1. The molecular weight excluding hydrogens is 396 g/mol. The number of hydrogen-bond acceptors (Lipinski definition) is 5. The maximum atomic E-state index is 12.7. The van der Waals surface area contributed by atoms with E-state index in [0.717, 1.165) is 42.6 Å². The number of amides is 2. The van der Waals surface area contributed by atoms with E-state index in [1.165, 1.54) is 6.21 Å². The second-order valence-electron chi connectivity index (χ2n) is 7.78. The molecule has 2 fully saturated rings. The van der Waals surface area contributed by atoms with Crippen LogP contribution < -0.4 is 10.2 Å². The molecule has 1 aromatic carbocycles. The monoisotopic (exact) mass is 420 g/mol. The zero-order valence-corrected chi connectivity index (χ0v) is 17.4. The molecule has 1 atom stereocenters. The van der Waals surface area contributed by atoms with Crippen molar-refractivity contribution in [2.45, 2.75) is 25.7 Å². The summed E-state index contributed by atoms with van der Waals surface area (Å²) in [6, 6.07) is 11.0. The van der Waals surface area contributed by atoms with Gasteiger partial charge in [0.15, 0.2) is 0 Å². The second kappa shape index (κ2) is 8.83. The highest BCUT2D eigenvalue weighted by atomic mass is 32.1. The minimum atomic E-state index is -0.188. The standard InChI is InChI=1S/C23H24N4O2S/c24-13-18(14-30)17-3-1-2-15(10-17)11-22(28)26-21-12-19(6-8-25-21)27-9-7-20(23(27)29)16-4-5-16/h1-3,6,8,10,12-14,16,20,24,30H,4-5,7,9,11H2,(H,25,26,28)/b18-14+,24-13?/t20-/m0/s1. The lowest BCUT2D eigenvalue weighted by atomic mass is 10.0. The molecule has 4 rings (SSSR count). The summed E-state index contributed by atoms with van der Waals surface area (Å²) in [6.07, 6.45) is 6.26. The van der Waals surface area contributed by atoms with Crippen LogP contribution in [-0.4, -0.2) is 29.6 Å². The summed E-state index contributed by atoms with van der Waals surface area (Å²) in [4.78, 5) is 31.3. The van der Waals surface area contributed by atoms with Gasteiger partial charge in [0.2, 0.25) is 11.8 Å². The van der Waals surface area contributed by atoms with Crippen LogP contribution >= 0.6 is 12.6 Å². The van der Waals surface area contributed by atoms with E-state index < -0.39 is 0 Å². The molecule has 2 amide bonds. The third-order valence-corrected chi connectivity index (χ3v) is 5.96. The molecule has 7 heteroatoms. The number of thiol groups is 1. The van der Waals surface area contributed by atoms with Crippen molar-refractivity contribution in [3.63, 3.8) is 0 Å². The van der Waals surface area contributed by atoms with Crippen LogP contribution in [0.15, 0.2) is 48.0 Å². The predicted octanol–water partition coefficient (Wildman–Crippen LogP) is 3.95. The Balaban J connectivity index is 1.42. The lowest BCUT2D eigenvalue weighted by molar-refractivity contribution is -0.121. The van der Waals surface area contributed by atoms with Gasteiger partial charge in [0, 0.05) is 42.2 Å². The van der Waals surface area contributed by atoms with Crippen LogP contribution in [0.2, 0.25) is 0 Å². The number of hydrogen-bond donors (Lipinski definition) is 3. The van der Waals surface area contributed by atoms with Crippen molar-refractivity contribution in [3.8, 4) is 0 Å². The summed E-state index contributed by atoms with van der Waals surface area (Å²) in [5.41, 5.74) is 3.13. The van der Waals surface area contributed by atoms with Crippen LogP contribution in [0.3, 0.4) is 0 Å². The Bertz CT molecular complexity index is 1020. The SMILES string of the molecule is N=C/C(=C\S)c1cccc(CC(=O)Nc2cc(N3CC[C@@H](C4CC4)C3=O)ccn2)c1. The summed E-state index contributed by atoms with van der Waals surface area (Å²) in [7, 11) is 0. The lowest BCUT2D eigenvalue weighted by Gasteiger charge is -2.17. The van der Waals surface area contributed by atoms with E-state index in [1.807, 2.05) is 35.2 Å². The summed E-state index contributed by atoms with van der Waals surface area (Å²) in [6.45, 7) is 0.720. The van der Waals surface area contributed by atoms with Crippen LogP contribution in [0.5, 0.6) is 0 Å². The number of anilines is 2. The quantitative estimate of drug-likeness (QED) is 0.468. The van der Waals surface area contributed by atoms with Crippen LogP contribution in [0.4, 0.5) is 11.5 Å². The summed E-state index contributed by atoms with van der Waals surface area (Å²) in [5, 5.41) is 11.8. The normalized spacial score (nSPS) is 19.1.